The van der Waals surface area contributed by atoms with Crippen molar-refractivity contribution in [2.24, 2.45) is 0 Å². The fourth-order valence-corrected chi connectivity index (χ4v) is 4.06. The molecule has 3 aromatic rings. The highest BCUT2D eigenvalue weighted by Crippen LogP contribution is 2.34. The molecule has 1 aliphatic rings. The van der Waals surface area contributed by atoms with E-state index in [0.717, 1.165) is 4.47 Å². The molecule has 1 unspecified atom stereocenters. The Morgan fingerprint density at radius 3 is 2.57 bits per heavy atom. The Morgan fingerprint density at radius 1 is 1.14 bits per heavy atom. The number of rotatable bonds is 4. The van der Waals surface area contributed by atoms with Gasteiger partial charge < -0.3 is 4.90 Å². The van der Waals surface area contributed by atoms with E-state index in [-0.39, 0.29) is 23.5 Å². The molecule has 1 fully saturated rings. The Balaban J connectivity index is 1.44. The maximum absolute atomic E-state index is 13.1. The number of hydrogen-bond acceptors (Lipinski definition) is 5. The summed E-state index contributed by atoms with van der Waals surface area (Å²) in [5, 5.41) is 12.0. The predicted molar refractivity (Wildman–Crippen MR) is 108 cm³/mol. The van der Waals surface area contributed by atoms with Crippen LogP contribution in [0, 0.1) is 5.82 Å². The van der Waals surface area contributed by atoms with Crippen molar-refractivity contribution in [2.75, 3.05) is 16.8 Å². The summed E-state index contributed by atoms with van der Waals surface area (Å²) < 4.78 is 14.0. The largest absolute Gasteiger partial charge is 0.312 e. The standard InChI is InChI=1S/C19H14BrFN4O2S/c20-13-3-1-11(2-4-13)17(27)22-19-24-23-18(28-19)12-9-16(26)25(10-12)15-7-5-14(21)6-8-15/h1-8,12H,9-10H2,(H,22,24,27). The molecule has 9 heteroatoms. The predicted octanol–water partition coefficient (Wildman–Crippen LogP) is 4.21. The Morgan fingerprint density at radius 2 is 1.86 bits per heavy atom. The molecule has 0 saturated carbocycles. The third kappa shape index (κ3) is 3.95. The molecule has 0 radical (unpaired) electrons. The maximum atomic E-state index is 13.1. The van der Waals surface area contributed by atoms with Gasteiger partial charge >= 0.3 is 0 Å². The van der Waals surface area contributed by atoms with E-state index in [0.29, 0.717) is 34.4 Å². The molecular weight excluding hydrogens is 447 g/mol. The Labute approximate surface area is 172 Å². The van der Waals surface area contributed by atoms with Crippen LogP contribution in [0.5, 0.6) is 0 Å². The smallest absolute Gasteiger partial charge is 0.257 e. The second-order valence-corrected chi connectivity index (χ2v) is 8.21. The van der Waals surface area contributed by atoms with Gasteiger partial charge in [0, 0.05) is 34.6 Å². The lowest BCUT2D eigenvalue weighted by molar-refractivity contribution is -0.117. The summed E-state index contributed by atoms with van der Waals surface area (Å²) in [4.78, 5) is 26.3. The Kier molecular flexibility index (Phi) is 5.19. The van der Waals surface area contributed by atoms with E-state index in [1.807, 2.05) is 0 Å². The van der Waals surface area contributed by atoms with Crippen LogP contribution in [-0.2, 0) is 4.79 Å². The van der Waals surface area contributed by atoms with Crippen LogP contribution in [0.4, 0.5) is 15.2 Å². The average molecular weight is 461 g/mol. The Bertz CT molecular complexity index is 1020. The summed E-state index contributed by atoms with van der Waals surface area (Å²) in [7, 11) is 0. The highest BCUT2D eigenvalue weighted by Gasteiger charge is 2.34. The lowest BCUT2D eigenvalue weighted by Crippen LogP contribution is -2.24. The van der Waals surface area contributed by atoms with Gasteiger partial charge in [-0.3, -0.25) is 14.9 Å². The molecule has 1 saturated heterocycles. The van der Waals surface area contributed by atoms with E-state index in [4.69, 9.17) is 0 Å². The van der Waals surface area contributed by atoms with Gasteiger partial charge in [-0.2, -0.15) is 0 Å². The lowest BCUT2D eigenvalue weighted by atomic mass is 10.1. The van der Waals surface area contributed by atoms with Gasteiger partial charge in [0.1, 0.15) is 10.8 Å². The third-order valence-corrected chi connectivity index (χ3v) is 5.91. The van der Waals surface area contributed by atoms with Crippen LogP contribution in [0.2, 0.25) is 0 Å². The lowest BCUT2D eigenvalue weighted by Gasteiger charge is -2.16. The molecule has 0 spiro atoms. The number of nitrogens with one attached hydrogen (secondary N) is 1. The molecule has 0 bridgehead atoms. The van der Waals surface area contributed by atoms with E-state index < -0.39 is 0 Å². The third-order valence-electron chi connectivity index (χ3n) is 4.38. The second-order valence-electron chi connectivity index (χ2n) is 6.29. The van der Waals surface area contributed by atoms with Crippen molar-refractivity contribution in [1.82, 2.24) is 10.2 Å². The SMILES string of the molecule is O=C(Nc1nnc(C2CC(=O)N(c3ccc(F)cc3)C2)s1)c1ccc(Br)cc1. The highest BCUT2D eigenvalue weighted by atomic mass is 79.9. The summed E-state index contributed by atoms with van der Waals surface area (Å²) in [5.74, 6) is -0.784. The number of aromatic nitrogens is 2. The van der Waals surface area contributed by atoms with E-state index in [9.17, 15) is 14.0 Å². The molecule has 28 heavy (non-hydrogen) atoms. The first kappa shape index (κ1) is 18.7. The van der Waals surface area contributed by atoms with Crippen molar-refractivity contribution in [2.45, 2.75) is 12.3 Å². The molecule has 2 aromatic carbocycles. The topological polar surface area (TPSA) is 75.2 Å². The minimum Gasteiger partial charge on any atom is -0.312 e. The number of benzene rings is 2. The zero-order valence-corrected chi connectivity index (χ0v) is 16.8. The number of carbonyl (C=O) groups is 2. The van der Waals surface area contributed by atoms with Crippen LogP contribution < -0.4 is 10.2 Å². The van der Waals surface area contributed by atoms with Crippen molar-refractivity contribution in [3.8, 4) is 0 Å². The summed E-state index contributed by atoms with van der Waals surface area (Å²) >= 11 is 4.59. The molecule has 4 rings (SSSR count). The maximum Gasteiger partial charge on any atom is 0.257 e. The molecular formula is C19H14BrFN4O2S. The van der Waals surface area contributed by atoms with Crippen LogP contribution in [-0.4, -0.2) is 28.6 Å². The summed E-state index contributed by atoms with van der Waals surface area (Å²) in [6.07, 6.45) is 0.298. The van der Waals surface area contributed by atoms with Crippen LogP contribution in [0.25, 0.3) is 0 Å². The minimum atomic E-state index is -0.345. The van der Waals surface area contributed by atoms with Crippen molar-refractivity contribution in [3.05, 3.63) is 69.4 Å². The molecule has 2 amide bonds. The van der Waals surface area contributed by atoms with Crippen LogP contribution in [0.1, 0.15) is 27.7 Å². The molecule has 6 nitrogen and oxygen atoms in total. The van der Waals surface area contributed by atoms with E-state index in [1.54, 1.807) is 41.3 Å². The average Bonchev–Trinajstić information content (AvgIpc) is 3.29. The summed E-state index contributed by atoms with van der Waals surface area (Å²) in [6, 6.07) is 12.8. The molecule has 142 valence electrons. The molecule has 1 aromatic heterocycles. The fraction of sp³-hybridized carbons (Fsp3) is 0.158. The first-order valence-electron chi connectivity index (χ1n) is 8.46. The number of amides is 2. The zero-order chi connectivity index (χ0) is 19.7. The van der Waals surface area contributed by atoms with Crippen LogP contribution >= 0.6 is 27.3 Å². The highest BCUT2D eigenvalue weighted by molar-refractivity contribution is 9.10. The van der Waals surface area contributed by atoms with Gasteiger partial charge in [-0.05, 0) is 48.5 Å². The fourth-order valence-electron chi connectivity index (χ4n) is 2.96. The Hall–Kier alpha value is -2.65. The van der Waals surface area contributed by atoms with Gasteiger partial charge in [0.2, 0.25) is 11.0 Å². The molecule has 2 heterocycles. The van der Waals surface area contributed by atoms with Crippen molar-refractivity contribution in [3.63, 3.8) is 0 Å². The molecule has 0 aliphatic carbocycles. The molecule has 1 N–H and O–H groups in total. The van der Waals surface area contributed by atoms with E-state index in [2.05, 4.69) is 31.4 Å². The normalized spacial score (nSPS) is 16.4. The number of halogens is 2. The monoisotopic (exact) mass is 460 g/mol. The molecule has 1 atom stereocenters. The van der Waals surface area contributed by atoms with Gasteiger partial charge in [0.05, 0.1) is 0 Å². The van der Waals surface area contributed by atoms with Crippen molar-refractivity contribution in [1.29, 1.82) is 0 Å². The first-order chi connectivity index (χ1) is 13.5. The van der Waals surface area contributed by atoms with Gasteiger partial charge in [-0.15, -0.1) is 10.2 Å². The quantitative estimate of drug-likeness (QED) is 0.632. The first-order valence-corrected chi connectivity index (χ1v) is 10.1. The zero-order valence-electron chi connectivity index (χ0n) is 14.4. The number of nitrogens with zero attached hydrogens (tertiary/aromatic N) is 3. The van der Waals surface area contributed by atoms with Crippen LogP contribution in [0.15, 0.2) is 53.0 Å². The van der Waals surface area contributed by atoms with Gasteiger partial charge in [0.15, 0.2) is 0 Å². The van der Waals surface area contributed by atoms with Gasteiger partial charge in [-0.1, -0.05) is 27.3 Å². The van der Waals surface area contributed by atoms with Crippen LogP contribution in [0.3, 0.4) is 0 Å². The summed E-state index contributed by atoms with van der Waals surface area (Å²) in [5.41, 5.74) is 1.17. The second kappa shape index (κ2) is 7.76. The summed E-state index contributed by atoms with van der Waals surface area (Å²) in [6.45, 7) is 0.444. The van der Waals surface area contributed by atoms with E-state index in [1.165, 1.54) is 23.5 Å². The van der Waals surface area contributed by atoms with E-state index >= 15 is 0 Å². The minimum absolute atomic E-state index is 0.0488. The van der Waals surface area contributed by atoms with Gasteiger partial charge in [-0.25, -0.2) is 4.39 Å². The van der Waals surface area contributed by atoms with Crippen molar-refractivity contribution < 1.29 is 14.0 Å². The number of carbonyl (C=O) groups excluding carboxylic acids is 2. The number of anilines is 2. The van der Waals surface area contributed by atoms with Crippen molar-refractivity contribution >= 4 is 49.9 Å². The number of hydrogen-bond donors (Lipinski definition) is 1. The van der Waals surface area contributed by atoms with Gasteiger partial charge in [0.25, 0.3) is 5.91 Å². The molecule has 1 aliphatic heterocycles.